The average Bonchev–Trinajstić information content (AvgIpc) is 2.86. The Morgan fingerprint density at radius 3 is 2.90 bits per heavy atom. The van der Waals surface area contributed by atoms with Crippen molar-refractivity contribution in [1.82, 2.24) is 10.3 Å². The van der Waals surface area contributed by atoms with Crippen molar-refractivity contribution in [2.75, 3.05) is 13.7 Å². The van der Waals surface area contributed by atoms with Crippen LogP contribution in [0.15, 0.2) is 24.4 Å². The monoisotopic (exact) mass is 294 g/mol. The van der Waals surface area contributed by atoms with Crippen molar-refractivity contribution in [1.29, 1.82) is 0 Å². The van der Waals surface area contributed by atoms with Gasteiger partial charge in [0, 0.05) is 17.6 Å². The standard InChI is InChI=1S/C15H19FN2OS/c1-10(2)7-17-8-11-9-18-15(20-11)14-12(16)5-4-6-13(14)19-3/h4-6,9-10,17H,7-8H2,1-3H3. The third kappa shape index (κ3) is 3.55. The van der Waals surface area contributed by atoms with E-state index in [-0.39, 0.29) is 5.82 Å². The predicted molar refractivity (Wildman–Crippen MR) is 80.6 cm³/mol. The molecule has 108 valence electrons. The van der Waals surface area contributed by atoms with E-state index in [9.17, 15) is 4.39 Å². The van der Waals surface area contributed by atoms with Crippen LogP contribution in [0.4, 0.5) is 4.39 Å². The summed E-state index contributed by atoms with van der Waals surface area (Å²) in [6.07, 6.45) is 1.79. The highest BCUT2D eigenvalue weighted by atomic mass is 32.1. The smallest absolute Gasteiger partial charge is 0.137 e. The van der Waals surface area contributed by atoms with E-state index in [0.29, 0.717) is 22.2 Å². The van der Waals surface area contributed by atoms with Crippen LogP contribution in [0.3, 0.4) is 0 Å². The minimum atomic E-state index is -0.305. The van der Waals surface area contributed by atoms with E-state index >= 15 is 0 Å². The van der Waals surface area contributed by atoms with Gasteiger partial charge in [-0.15, -0.1) is 11.3 Å². The lowest BCUT2D eigenvalue weighted by atomic mass is 10.2. The third-order valence-corrected chi connectivity index (χ3v) is 3.83. The van der Waals surface area contributed by atoms with Crippen molar-refractivity contribution in [2.45, 2.75) is 20.4 Å². The van der Waals surface area contributed by atoms with Gasteiger partial charge in [0.15, 0.2) is 0 Å². The first-order chi connectivity index (χ1) is 9.61. The average molecular weight is 294 g/mol. The highest BCUT2D eigenvalue weighted by Gasteiger charge is 2.15. The van der Waals surface area contributed by atoms with Crippen molar-refractivity contribution in [2.24, 2.45) is 5.92 Å². The largest absolute Gasteiger partial charge is 0.496 e. The first-order valence-corrected chi connectivity index (χ1v) is 7.41. The van der Waals surface area contributed by atoms with Crippen LogP contribution >= 0.6 is 11.3 Å². The molecule has 1 aromatic carbocycles. The van der Waals surface area contributed by atoms with Gasteiger partial charge in [0.1, 0.15) is 16.6 Å². The van der Waals surface area contributed by atoms with Gasteiger partial charge in [-0.05, 0) is 24.6 Å². The zero-order valence-corrected chi connectivity index (χ0v) is 12.8. The molecule has 0 aliphatic heterocycles. The molecule has 0 bridgehead atoms. The van der Waals surface area contributed by atoms with Gasteiger partial charge in [-0.2, -0.15) is 0 Å². The van der Waals surface area contributed by atoms with Gasteiger partial charge in [-0.1, -0.05) is 19.9 Å². The Bertz CT molecular complexity index is 569. The number of aromatic nitrogens is 1. The van der Waals surface area contributed by atoms with Crippen LogP contribution in [0.1, 0.15) is 18.7 Å². The second-order valence-corrected chi connectivity index (χ2v) is 6.09. The van der Waals surface area contributed by atoms with Crippen molar-refractivity contribution >= 4 is 11.3 Å². The molecule has 1 heterocycles. The molecule has 0 radical (unpaired) electrons. The number of nitrogens with one attached hydrogen (secondary N) is 1. The van der Waals surface area contributed by atoms with E-state index in [1.807, 2.05) is 0 Å². The van der Waals surface area contributed by atoms with E-state index in [4.69, 9.17) is 4.74 Å². The second kappa shape index (κ2) is 6.81. The molecule has 2 aromatic rings. The lowest BCUT2D eigenvalue weighted by molar-refractivity contribution is 0.413. The van der Waals surface area contributed by atoms with Gasteiger partial charge >= 0.3 is 0 Å². The molecular formula is C15H19FN2OS. The molecule has 0 saturated heterocycles. The number of benzene rings is 1. The summed E-state index contributed by atoms with van der Waals surface area (Å²) in [7, 11) is 1.54. The fourth-order valence-corrected chi connectivity index (χ4v) is 2.80. The van der Waals surface area contributed by atoms with Gasteiger partial charge < -0.3 is 10.1 Å². The molecule has 0 amide bonds. The van der Waals surface area contributed by atoms with Crippen molar-refractivity contribution in [3.63, 3.8) is 0 Å². The molecule has 0 unspecified atom stereocenters. The van der Waals surface area contributed by atoms with Crippen molar-refractivity contribution in [3.8, 4) is 16.3 Å². The molecule has 5 heteroatoms. The quantitative estimate of drug-likeness (QED) is 0.882. The molecule has 0 aliphatic rings. The summed E-state index contributed by atoms with van der Waals surface area (Å²) in [6, 6.07) is 4.81. The summed E-state index contributed by atoms with van der Waals surface area (Å²) >= 11 is 1.49. The zero-order chi connectivity index (χ0) is 14.5. The molecule has 0 atom stereocenters. The molecule has 2 rings (SSSR count). The summed E-state index contributed by atoms with van der Waals surface area (Å²) in [6.45, 7) is 6.04. The molecule has 0 aliphatic carbocycles. The number of methoxy groups -OCH3 is 1. The summed E-state index contributed by atoms with van der Waals surface area (Å²) < 4.78 is 19.2. The van der Waals surface area contributed by atoms with Crippen LogP contribution in [0.2, 0.25) is 0 Å². The molecule has 0 spiro atoms. The first kappa shape index (κ1) is 14.9. The first-order valence-electron chi connectivity index (χ1n) is 6.60. The van der Waals surface area contributed by atoms with Gasteiger partial charge in [0.2, 0.25) is 0 Å². The normalized spacial score (nSPS) is 11.1. The molecular weight excluding hydrogens is 275 g/mol. The maximum Gasteiger partial charge on any atom is 0.137 e. The van der Waals surface area contributed by atoms with Crippen LogP contribution in [0.5, 0.6) is 5.75 Å². The Hall–Kier alpha value is -1.46. The topological polar surface area (TPSA) is 34.1 Å². The number of ether oxygens (including phenoxy) is 1. The zero-order valence-electron chi connectivity index (χ0n) is 11.9. The van der Waals surface area contributed by atoms with E-state index in [1.165, 1.54) is 24.5 Å². The maximum atomic E-state index is 14.0. The molecule has 1 aromatic heterocycles. The molecule has 1 N–H and O–H groups in total. The lowest BCUT2D eigenvalue weighted by Crippen LogP contribution is -2.18. The summed E-state index contributed by atoms with van der Waals surface area (Å²) in [4.78, 5) is 5.40. The molecule has 0 saturated carbocycles. The Balaban J connectivity index is 2.16. The fraction of sp³-hybridized carbons (Fsp3) is 0.400. The van der Waals surface area contributed by atoms with Crippen LogP contribution in [0, 0.1) is 11.7 Å². The van der Waals surface area contributed by atoms with Crippen molar-refractivity contribution < 1.29 is 9.13 Å². The second-order valence-electron chi connectivity index (χ2n) is 4.97. The number of thiazole rings is 1. The maximum absolute atomic E-state index is 14.0. The number of hydrogen-bond donors (Lipinski definition) is 1. The number of hydrogen-bond acceptors (Lipinski definition) is 4. The van der Waals surface area contributed by atoms with Gasteiger partial charge in [-0.25, -0.2) is 9.37 Å². The highest BCUT2D eigenvalue weighted by molar-refractivity contribution is 7.15. The van der Waals surface area contributed by atoms with E-state index in [2.05, 4.69) is 24.1 Å². The van der Waals surface area contributed by atoms with Crippen molar-refractivity contribution in [3.05, 3.63) is 35.1 Å². The Kier molecular flexibility index (Phi) is 5.09. The molecule has 0 fully saturated rings. The highest BCUT2D eigenvalue weighted by Crippen LogP contribution is 2.34. The Labute approximate surface area is 122 Å². The summed E-state index contributed by atoms with van der Waals surface area (Å²) in [5.41, 5.74) is 0.440. The summed E-state index contributed by atoms with van der Waals surface area (Å²) in [5, 5.41) is 4.01. The van der Waals surface area contributed by atoms with Crippen LogP contribution in [-0.4, -0.2) is 18.6 Å². The van der Waals surface area contributed by atoms with E-state index < -0.39 is 0 Å². The lowest BCUT2D eigenvalue weighted by Gasteiger charge is -2.06. The van der Waals surface area contributed by atoms with Crippen LogP contribution in [-0.2, 0) is 6.54 Å². The molecule has 3 nitrogen and oxygen atoms in total. The minimum Gasteiger partial charge on any atom is -0.496 e. The minimum absolute atomic E-state index is 0.305. The summed E-state index contributed by atoms with van der Waals surface area (Å²) in [5.74, 6) is 0.815. The SMILES string of the molecule is COc1cccc(F)c1-c1ncc(CNCC(C)C)s1. The number of nitrogens with zero attached hydrogens (tertiary/aromatic N) is 1. The van der Waals surface area contributed by atoms with Gasteiger partial charge in [-0.3, -0.25) is 0 Å². The van der Waals surface area contributed by atoms with Crippen LogP contribution in [0.25, 0.3) is 10.6 Å². The predicted octanol–water partition coefficient (Wildman–Crippen LogP) is 3.70. The number of rotatable bonds is 6. The fourth-order valence-electron chi connectivity index (χ4n) is 1.87. The number of halogens is 1. The molecule has 20 heavy (non-hydrogen) atoms. The van der Waals surface area contributed by atoms with Crippen LogP contribution < -0.4 is 10.1 Å². The Morgan fingerprint density at radius 2 is 2.20 bits per heavy atom. The van der Waals surface area contributed by atoms with Gasteiger partial charge in [0.25, 0.3) is 0 Å². The third-order valence-electron chi connectivity index (χ3n) is 2.81. The van der Waals surface area contributed by atoms with Gasteiger partial charge in [0.05, 0.1) is 12.7 Å². The van der Waals surface area contributed by atoms with E-state index in [1.54, 1.807) is 18.3 Å². The van der Waals surface area contributed by atoms with E-state index in [0.717, 1.165) is 18.0 Å². The Morgan fingerprint density at radius 1 is 1.40 bits per heavy atom.